The fraction of sp³-hybridized carbons (Fsp3) is 0.138. The van der Waals surface area contributed by atoms with Crippen molar-refractivity contribution in [1.29, 1.82) is 0 Å². The van der Waals surface area contributed by atoms with Gasteiger partial charge in [-0.05, 0) is 69.8 Å². The third-order valence-electron chi connectivity index (χ3n) is 6.81. The molecule has 0 unspecified atom stereocenters. The highest BCUT2D eigenvalue weighted by Gasteiger charge is 2.43. The van der Waals surface area contributed by atoms with Gasteiger partial charge in [-0.15, -0.1) is 0 Å². The number of benzene rings is 3. The summed E-state index contributed by atoms with van der Waals surface area (Å²) in [5.74, 6) is -1.31. The molecule has 2 atom stereocenters. The van der Waals surface area contributed by atoms with Crippen LogP contribution < -0.4 is 11.1 Å². The molecule has 7 nitrogen and oxygen atoms in total. The highest BCUT2D eigenvalue weighted by Crippen LogP contribution is 2.54. The molecule has 2 bridgehead atoms. The standard InChI is InChI=1S/C29H22F2N4O3/c1-37-35-28(32)25-9-2-15(13-33-25)14-34-29(36)17-4-7-21-23(11-17)27-22-10-16(3-6-20(22)26(21)38-27)19-8-5-18(30)12-24(19)31/h2-13,26-27H,14H2,1H3,(H2,32,35)(H,34,36)/t26-,27+/m0/s1. The number of fused-ring (bicyclic) bond motifs is 8. The number of pyridine rings is 1. The molecule has 0 fully saturated rings. The summed E-state index contributed by atoms with van der Waals surface area (Å²) in [6, 6.07) is 18.2. The van der Waals surface area contributed by atoms with E-state index in [0.717, 1.165) is 33.9 Å². The zero-order chi connectivity index (χ0) is 26.4. The van der Waals surface area contributed by atoms with Crippen molar-refractivity contribution in [2.24, 2.45) is 10.9 Å². The van der Waals surface area contributed by atoms with Gasteiger partial charge in [-0.25, -0.2) is 8.78 Å². The zero-order valence-electron chi connectivity index (χ0n) is 20.2. The van der Waals surface area contributed by atoms with E-state index in [1.54, 1.807) is 24.4 Å². The van der Waals surface area contributed by atoms with Crippen molar-refractivity contribution in [3.05, 3.63) is 124 Å². The average Bonchev–Trinajstić information content (AvgIpc) is 3.49. The third kappa shape index (κ3) is 4.06. The van der Waals surface area contributed by atoms with Crippen molar-refractivity contribution in [3.8, 4) is 11.1 Å². The number of nitrogens with zero attached hydrogens (tertiary/aromatic N) is 2. The Hall–Kier alpha value is -4.63. The number of hydrogen-bond acceptors (Lipinski definition) is 5. The quantitative estimate of drug-likeness (QED) is 0.221. The Balaban J connectivity index is 1.20. The number of hydrogen-bond donors (Lipinski definition) is 2. The summed E-state index contributed by atoms with van der Waals surface area (Å²) in [6.07, 6.45) is 1.01. The SMILES string of the molecule is CON=C(N)c1ccc(CNC(=O)c2ccc3c(c2)[C@@H]2O[C@H]3c3ccc(-c4ccc(F)cc4F)cc32)cn1. The lowest BCUT2D eigenvalue weighted by Crippen LogP contribution is -2.23. The molecule has 1 aromatic heterocycles. The van der Waals surface area contributed by atoms with E-state index in [0.29, 0.717) is 22.4 Å². The third-order valence-corrected chi connectivity index (χ3v) is 6.81. The summed E-state index contributed by atoms with van der Waals surface area (Å²) < 4.78 is 34.0. The van der Waals surface area contributed by atoms with Gasteiger partial charge in [-0.3, -0.25) is 9.78 Å². The van der Waals surface area contributed by atoms with Crippen LogP contribution in [0.2, 0.25) is 0 Å². The predicted octanol–water partition coefficient (Wildman–Crippen LogP) is 4.75. The first kappa shape index (κ1) is 23.7. The van der Waals surface area contributed by atoms with Crippen LogP contribution in [0.3, 0.4) is 0 Å². The van der Waals surface area contributed by atoms with Gasteiger partial charge < -0.3 is 20.6 Å². The molecule has 4 aromatic rings. The van der Waals surface area contributed by atoms with Crippen molar-refractivity contribution < 1.29 is 23.1 Å². The Bertz CT molecular complexity index is 1600. The van der Waals surface area contributed by atoms with Gasteiger partial charge in [0.05, 0.1) is 0 Å². The number of nitrogens with one attached hydrogen (secondary N) is 1. The Kier molecular flexibility index (Phi) is 5.84. The van der Waals surface area contributed by atoms with E-state index in [1.165, 1.54) is 19.2 Å². The van der Waals surface area contributed by atoms with E-state index in [2.05, 4.69) is 20.3 Å². The molecule has 0 saturated heterocycles. The molecule has 0 aliphatic carbocycles. The summed E-state index contributed by atoms with van der Waals surface area (Å²) in [7, 11) is 1.40. The number of ether oxygens (including phenoxy) is 1. The second-order valence-corrected chi connectivity index (χ2v) is 9.10. The maximum Gasteiger partial charge on any atom is 0.251 e. The van der Waals surface area contributed by atoms with Gasteiger partial charge in [-0.2, -0.15) is 0 Å². The molecule has 0 spiro atoms. The molecular formula is C29H22F2N4O3. The number of aromatic nitrogens is 1. The molecule has 0 saturated carbocycles. The Morgan fingerprint density at radius 3 is 2.50 bits per heavy atom. The smallest absolute Gasteiger partial charge is 0.251 e. The van der Waals surface area contributed by atoms with Crippen LogP contribution in [-0.4, -0.2) is 23.8 Å². The molecule has 2 aliphatic rings. The second-order valence-electron chi connectivity index (χ2n) is 9.10. The second kappa shape index (κ2) is 9.35. The molecule has 0 radical (unpaired) electrons. The zero-order valence-corrected chi connectivity index (χ0v) is 20.2. The minimum atomic E-state index is -0.621. The first-order valence-corrected chi connectivity index (χ1v) is 11.9. The van der Waals surface area contributed by atoms with E-state index in [-0.39, 0.29) is 30.5 Å². The normalized spacial score (nSPS) is 17.2. The number of nitrogens with two attached hydrogens (primary N) is 1. The highest BCUT2D eigenvalue weighted by molar-refractivity contribution is 5.95. The lowest BCUT2D eigenvalue weighted by molar-refractivity contribution is 0.0857. The Labute approximate surface area is 216 Å². The van der Waals surface area contributed by atoms with Crippen LogP contribution >= 0.6 is 0 Å². The molecule has 9 heteroatoms. The molecule has 38 heavy (non-hydrogen) atoms. The van der Waals surface area contributed by atoms with Crippen LogP contribution in [0.4, 0.5) is 8.78 Å². The van der Waals surface area contributed by atoms with Crippen LogP contribution in [0.5, 0.6) is 0 Å². The lowest BCUT2D eigenvalue weighted by atomic mass is 9.83. The fourth-order valence-corrected chi connectivity index (χ4v) is 4.99. The van der Waals surface area contributed by atoms with Crippen molar-refractivity contribution >= 4 is 11.7 Å². The van der Waals surface area contributed by atoms with Crippen molar-refractivity contribution in [2.45, 2.75) is 18.8 Å². The largest absolute Gasteiger partial charge is 0.397 e. The van der Waals surface area contributed by atoms with Crippen LogP contribution in [-0.2, 0) is 16.1 Å². The maximum atomic E-state index is 14.4. The molecule has 2 aliphatic heterocycles. The van der Waals surface area contributed by atoms with Gasteiger partial charge in [0, 0.05) is 29.9 Å². The summed E-state index contributed by atoms with van der Waals surface area (Å²) >= 11 is 0. The predicted molar refractivity (Wildman–Crippen MR) is 136 cm³/mol. The molecule has 3 heterocycles. The maximum absolute atomic E-state index is 14.4. The number of rotatable bonds is 6. The Morgan fingerprint density at radius 2 is 1.76 bits per heavy atom. The number of carbonyl (C=O) groups excluding carboxylic acids is 1. The molecule has 3 aromatic carbocycles. The molecular weight excluding hydrogens is 490 g/mol. The first-order valence-electron chi connectivity index (χ1n) is 11.9. The van der Waals surface area contributed by atoms with Crippen LogP contribution in [0, 0.1) is 11.6 Å². The number of amidine groups is 1. The van der Waals surface area contributed by atoms with Gasteiger partial charge in [0.15, 0.2) is 5.84 Å². The summed E-state index contributed by atoms with van der Waals surface area (Å²) in [6.45, 7) is 0.280. The monoisotopic (exact) mass is 512 g/mol. The van der Waals surface area contributed by atoms with Crippen molar-refractivity contribution in [3.63, 3.8) is 0 Å². The number of amides is 1. The van der Waals surface area contributed by atoms with Gasteiger partial charge in [0.2, 0.25) is 0 Å². The van der Waals surface area contributed by atoms with E-state index in [9.17, 15) is 13.6 Å². The van der Waals surface area contributed by atoms with Crippen molar-refractivity contribution in [2.75, 3.05) is 7.11 Å². The lowest BCUT2D eigenvalue weighted by Gasteiger charge is -2.18. The molecule has 6 rings (SSSR count). The van der Waals surface area contributed by atoms with Crippen LogP contribution in [0.1, 0.15) is 56.1 Å². The van der Waals surface area contributed by atoms with Gasteiger partial charge in [0.1, 0.15) is 36.6 Å². The summed E-state index contributed by atoms with van der Waals surface area (Å²) in [5, 5.41) is 6.55. The van der Waals surface area contributed by atoms with E-state index in [4.69, 9.17) is 10.5 Å². The average molecular weight is 513 g/mol. The van der Waals surface area contributed by atoms with Gasteiger partial charge in [0.25, 0.3) is 5.91 Å². The van der Waals surface area contributed by atoms with E-state index < -0.39 is 11.6 Å². The molecule has 1 amide bonds. The summed E-state index contributed by atoms with van der Waals surface area (Å²) in [5.41, 5.74) is 12.3. The Morgan fingerprint density at radius 1 is 1.00 bits per heavy atom. The minimum Gasteiger partial charge on any atom is -0.397 e. The topological polar surface area (TPSA) is 98.8 Å². The van der Waals surface area contributed by atoms with E-state index in [1.807, 2.05) is 30.3 Å². The van der Waals surface area contributed by atoms with Gasteiger partial charge >= 0.3 is 0 Å². The first-order chi connectivity index (χ1) is 18.4. The fourth-order valence-electron chi connectivity index (χ4n) is 4.99. The number of carbonyl (C=O) groups is 1. The van der Waals surface area contributed by atoms with Crippen LogP contribution in [0.15, 0.2) is 78.1 Å². The summed E-state index contributed by atoms with van der Waals surface area (Å²) in [4.78, 5) is 21.8. The number of halogens is 2. The molecule has 3 N–H and O–H groups in total. The number of oxime groups is 1. The van der Waals surface area contributed by atoms with E-state index >= 15 is 0 Å². The molecule has 190 valence electrons. The van der Waals surface area contributed by atoms with Gasteiger partial charge in [-0.1, -0.05) is 29.4 Å². The minimum absolute atomic E-state index is 0.161. The van der Waals surface area contributed by atoms with Crippen molar-refractivity contribution in [1.82, 2.24) is 10.3 Å². The highest BCUT2D eigenvalue weighted by atomic mass is 19.1. The van der Waals surface area contributed by atoms with Crippen LogP contribution in [0.25, 0.3) is 11.1 Å².